The zero-order chi connectivity index (χ0) is 73.7. The number of esters is 3. The number of unbranched alkanes of at least 4 members (excludes halogenated alkanes) is 35. The molecule has 584 valence electrons. The molecule has 101 heavy (non-hydrogen) atoms. The number of phosphoric acid groups is 2. The second kappa shape index (κ2) is 75.9. The molecule has 18 heteroatoms. The highest BCUT2D eigenvalue weighted by atomic mass is 31.2. The molecule has 0 aliphatic rings. The van der Waals surface area contributed by atoms with E-state index in [1.54, 1.807) is 0 Å². The fraction of sp³-hybridized carbons (Fsp3) is 0.747. The highest BCUT2D eigenvalue weighted by Gasteiger charge is 2.29. The predicted molar refractivity (Wildman–Crippen MR) is 417 cm³/mol. The summed E-state index contributed by atoms with van der Waals surface area (Å²) in [5.74, 6) is -1.60. The number of hydrogen-bond donors (Lipinski definition) is 4. The molecule has 16 nitrogen and oxygen atoms in total. The smallest absolute Gasteiger partial charge is 0.463 e. The van der Waals surface area contributed by atoms with Gasteiger partial charge in [0, 0.05) is 19.3 Å². The van der Waals surface area contributed by atoms with Crippen LogP contribution in [0, 0.1) is 0 Å². The van der Waals surface area contributed by atoms with Crippen molar-refractivity contribution >= 4 is 33.6 Å². The Labute approximate surface area is 615 Å². The van der Waals surface area contributed by atoms with E-state index in [9.17, 15) is 43.5 Å². The summed E-state index contributed by atoms with van der Waals surface area (Å²) >= 11 is 0. The van der Waals surface area contributed by atoms with E-state index in [1.807, 2.05) is 0 Å². The normalized spacial score (nSPS) is 14.6. The predicted octanol–water partition coefficient (Wildman–Crippen LogP) is 23.5. The Bertz CT molecular complexity index is 2270. The molecule has 0 radical (unpaired) electrons. The summed E-state index contributed by atoms with van der Waals surface area (Å²) in [4.78, 5) is 58.6. The number of rotatable bonds is 76. The number of aliphatic hydroxyl groups is 2. The molecule has 5 atom stereocenters. The van der Waals surface area contributed by atoms with Gasteiger partial charge < -0.3 is 34.2 Å². The van der Waals surface area contributed by atoms with Crippen LogP contribution in [0.25, 0.3) is 0 Å². The van der Waals surface area contributed by atoms with Crippen LogP contribution < -0.4 is 0 Å². The molecule has 0 fully saturated rings. The third kappa shape index (κ3) is 77.1. The van der Waals surface area contributed by atoms with Gasteiger partial charge in [-0.1, -0.05) is 297 Å². The summed E-state index contributed by atoms with van der Waals surface area (Å²) in [5, 5.41) is 20.6. The first-order valence-corrected chi connectivity index (χ1v) is 43.2. The first kappa shape index (κ1) is 97.2. The molecule has 0 aliphatic carbocycles. The lowest BCUT2D eigenvalue weighted by atomic mass is 10.0. The van der Waals surface area contributed by atoms with E-state index >= 15 is 0 Å². The van der Waals surface area contributed by atoms with Crippen molar-refractivity contribution in [2.75, 3.05) is 39.6 Å². The van der Waals surface area contributed by atoms with Gasteiger partial charge in [0.25, 0.3) is 0 Å². The van der Waals surface area contributed by atoms with Gasteiger partial charge in [-0.05, 0) is 135 Å². The zero-order valence-electron chi connectivity index (χ0n) is 63.8. The second-order valence-electron chi connectivity index (χ2n) is 26.9. The Morgan fingerprint density at radius 2 is 0.495 bits per heavy atom. The fourth-order valence-electron chi connectivity index (χ4n) is 10.8. The first-order chi connectivity index (χ1) is 49.2. The number of ether oxygens (including phenoxy) is 3. The summed E-state index contributed by atoms with van der Waals surface area (Å²) in [7, 11) is -9.79. The molecular formula is C83H146O16P2. The van der Waals surface area contributed by atoms with Crippen molar-refractivity contribution in [3.05, 3.63) is 109 Å². The Morgan fingerprint density at radius 3 is 0.782 bits per heavy atom. The maximum Gasteiger partial charge on any atom is 0.472 e. The van der Waals surface area contributed by atoms with Crippen molar-refractivity contribution < 1.29 is 75.8 Å². The summed E-state index contributed by atoms with van der Waals surface area (Å²) in [6.45, 7) is 2.59. The van der Waals surface area contributed by atoms with Crippen LogP contribution in [0.1, 0.15) is 342 Å². The van der Waals surface area contributed by atoms with E-state index in [0.717, 1.165) is 141 Å². The van der Waals surface area contributed by atoms with Crippen LogP contribution in [-0.2, 0) is 55.8 Å². The molecule has 5 unspecified atom stereocenters. The topological polar surface area (TPSA) is 231 Å². The van der Waals surface area contributed by atoms with Gasteiger partial charge >= 0.3 is 33.6 Å². The maximum absolute atomic E-state index is 13.0. The Hall–Kier alpha value is -3.79. The van der Waals surface area contributed by atoms with Gasteiger partial charge in [-0.3, -0.25) is 32.5 Å². The molecule has 0 aromatic rings. The number of carbonyl (C=O) groups excluding carboxylic acids is 3. The number of carbonyl (C=O) groups is 3. The fourth-order valence-corrected chi connectivity index (χ4v) is 12.4. The summed E-state index contributed by atoms with van der Waals surface area (Å²) in [6, 6.07) is 0. The van der Waals surface area contributed by atoms with Crippen molar-refractivity contribution in [2.45, 2.75) is 360 Å². The van der Waals surface area contributed by atoms with E-state index in [-0.39, 0.29) is 19.3 Å². The molecule has 4 N–H and O–H groups in total. The average Bonchev–Trinajstić information content (AvgIpc) is 0.980. The highest BCUT2D eigenvalue weighted by Crippen LogP contribution is 2.45. The van der Waals surface area contributed by atoms with Crippen molar-refractivity contribution in [3.8, 4) is 0 Å². The van der Waals surface area contributed by atoms with Gasteiger partial charge in [0.15, 0.2) is 6.10 Å². The maximum atomic E-state index is 13.0. The minimum atomic E-state index is -4.94. The van der Waals surface area contributed by atoms with Gasteiger partial charge in [0.2, 0.25) is 0 Å². The minimum Gasteiger partial charge on any atom is -0.463 e. The van der Waals surface area contributed by atoms with Crippen LogP contribution in [0.2, 0.25) is 0 Å². The van der Waals surface area contributed by atoms with Crippen molar-refractivity contribution in [2.24, 2.45) is 0 Å². The van der Waals surface area contributed by atoms with Crippen LogP contribution >= 0.6 is 15.6 Å². The third-order valence-corrected chi connectivity index (χ3v) is 18.8. The lowest BCUT2D eigenvalue weighted by Gasteiger charge is -2.21. The Balaban J connectivity index is 4.48. The number of phosphoric ester groups is 2. The standard InChI is InChI=1S/C83H146O16P2/c1-4-7-10-13-16-19-22-25-28-30-32-33-34-35-36-37-38-39-40-41-42-43-45-47-49-51-54-57-60-63-66-69-81(86)93-72-78(84)73-95-100(89,90)96-74-79(85)75-97-101(91,92)98-77-80(99-83(88)71-68-65-62-59-56-53-48-27-24-21-18-15-12-9-6-3)76-94-82(87)70-67-64-61-58-55-52-50-46-44-31-29-26-23-20-17-14-11-8-5-2/h16-21,25-29,32-33,35-36,44,46,48,78-80,84-85H,4-15,22-24,30-31,34,37-43,45,47,49-77H2,1-3H3,(H,89,90)(H,91,92)/b19-16-,20-17-,21-18-,28-25-,29-26-,33-32-,36-35-,46-44-,48-27-. The van der Waals surface area contributed by atoms with Gasteiger partial charge in [-0.2, -0.15) is 0 Å². The molecule has 0 saturated heterocycles. The van der Waals surface area contributed by atoms with Crippen molar-refractivity contribution in [1.29, 1.82) is 0 Å². The van der Waals surface area contributed by atoms with Crippen LogP contribution in [0.5, 0.6) is 0 Å². The lowest BCUT2D eigenvalue weighted by molar-refractivity contribution is -0.161. The molecule has 0 rings (SSSR count). The Morgan fingerprint density at radius 1 is 0.277 bits per heavy atom. The van der Waals surface area contributed by atoms with E-state index in [0.29, 0.717) is 19.3 Å². The van der Waals surface area contributed by atoms with Crippen LogP contribution in [0.3, 0.4) is 0 Å². The van der Waals surface area contributed by atoms with Crippen LogP contribution in [-0.4, -0.2) is 95.9 Å². The lowest BCUT2D eigenvalue weighted by Crippen LogP contribution is -2.30. The summed E-state index contributed by atoms with van der Waals surface area (Å²) in [6.07, 6.45) is 88.5. The van der Waals surface area contributed by atoms with Crippen LogP contribution in [0.4, 0.5) is 0 Å². The molecule has 0 aliphatic heterocycles. The van der Waals surface area contributed by atoms with Gasteiger partial charge in [-0.15, -0.1) is 0 Å². The van der Waals surface area contributed by atoms with Gasteiger partial charge in [-0.25, -0.2) is 9.13 Å². The molecule has 0 spiro atoms. The SMILES string of the molecule is CCCCC/C=C\C/C=C\C/C=C\C/C=C\CCCCCCCCCCCCCCCCCC(=O)OCC(O)COP(=O)(O)OCC(O)COP(=O)(O)OCC(COC(=O)CCCCCCCC/C=C\C/C=C\C/C=C\CCCCC)OC(=O)CCCCCCC/C=C\C/C=C\CCCCC. The highest BCUT2D eigenvalue weighted by molar-refractivity contribution is 7.47. The molecule has 0 bridgehead atoms. The average molecular weight is 1460 g/mol. The van der Waals surface area contributed by atoms with Gasteiger partial charge in [0.1, 0.15) is 25.4 Å². The molecular weight excluding hydrogens is 1310 g/mol. The third-order valence-electron chi connectivity index (χ3n) is 16.9. The minimum absolute atomic E-state index is 0.0851. The number of hydrogen-bond acceptors (Lipinski definition) is 14. The Kier molecular flexibility index (Phi) is 73.0. The largest absolute Gasteiger partial charge is 0.472 e. The van der Waals surface area contributed by atoms with Crippen LogP contribution in [0.15, 0.2) is 109 Å². The number of allylic oxidation sites excluding steroid dienone is 18. The monoisotopic (exact) mass is 1460 g/mol. The summed E-state index contributed by atoms with van der Waals surface area (Å²) < 4.78 is 61.1. The molecule has 0 aromatic heterocycles. The van der Waals surface area contributed by atoms with E-state index in [2.05, 4.69) is 130 Å². The second-order valence-corrected chi connectivity index (χ2v) is 29.8. The van der Waals surface area contributed by atoms with Crippen molar-refractivity contribution in [3.63, 3.8) is 0 Å². The van der Waals surface area contributed by atoms with E-state index < -0.39 is 91.5 Å². The number of aliphatic hydroxyl groups excluding tert-OH is 2. The molecule has 0 saturated carbocycles. The molecule has 0 heterocycles. The van der Waals surface area contributed by atoms with Crippen molar-refractivity contribution in [1.82, 2.24) is 0 Å². The quantitative estimate of drug-likeness (QED) is 0.0146. The first-order valence-electron chi connectivity index (χ1n) is 40.2. The molecule has 0 amide bonds. The van der Waals surface area contributed by atoms with Gasteiger partial charge in [0.05, 0.1) is 26.4 Å². The summed E-state index contributed by atoms with van der Waals surface area (Å²) in [5.41, 5.74) is 0. The van der Waals surface area contributed by atoms with E-state index in [1.165, 1.54) is 141 Å². The molecule has 0 aromatic carbocycles. The van der Waals surface area contributed by atoms with E-state index in [4.69, 9.17) is 32.3 Å². The zero-order valence-corrected chi connectivity index (χ0v) is 65.6.